The number of halogens is 1. The molecule has 0 radical (unpaired) electrons. The Morgan fingerprint density at radius 3 is 2.81 bits per heavy atom. The minimum Gasteiger partial charge on any atom is -0.322 e. The fraction of sp³-hybridized carbons (Fsp3) is 0.350. The van der Waals surface area contributed by atoms with Gasteiger partial charge in [-0.3, -0.25) is 4.79 Å². The molecule has 1 aromatic carbocycles. The van der Waals surface area contributed by atoms with Gasteiger partial charge in [0, 0.05) is 28.4 Å². The molecule has 0 aliphatic carbocycles. The number of aryl methyl sites for hydroxylation is 3. The molecule has 27 heavy (non-hydrogen) atoms. The van der Waals surface area contributed by atoms with Crippen molar-refractivity contribution in [2.75, 3.05) is 5.32 Å². The van der Waals surface area contributed by atoms with Crippen LogP contribution in [0.1, 0.15) is 45.2 Å². The number of fused-ring (bicyclic) bond motifs is 1. The van der Waals surface area contributed by atoms with E-state index in [0.717, 1.165) is 47.8 Å². The Labute approximate surface area is 161 Å². The van der Waals surface area contributed by atoms with Crippen LogP contribution in [0.5, 0.6) is 0 Å². The number of carbonyl (C=O) groups excluding carboxylic acids is 1. The van der Waals surface area contributed by atoms with Crippen molar-refractivity contribution >= 4 is 22.9 Å². The molecule has 0 atom stereocenters. The third-order valence-electron chi connectivity index (χ3n) is 4.86. The maximum atomic E-state index is 14.5. The van der Waals surface area contributed by atoms with Crippen LogP contribution in [0.2, 0.25) is 0 Å². The first kappa shape index (κ1) is 17.9. The summed E-state index contributed by atoms with van der Waals surface area (Å²) in [5.74, 6) is 0.883. The Kier molecular flexibility index (Phi) is 4.78. The van der Waals surface area contributed by atoms with Crippen molar-refractivity contribution in [3.8, 4) is 11.4 Å². The normalized spacial score (nSPS) is 13.9. The van der Waals surface area contributed by atoms with Gasteiger partial charge in [0.1, 0.15) is 11.6 Å². The van der Waals surface area contributed by atoms with E-state index in [9.17, 15) is 9.18 Å². The van der Waals surface area contributed by atoms with Crippen LogP contribution in [-0.2, 0) is 13.0 Å². The Balaban J connectivity index is 1.65. The number of thiophene rings is 1. The summed E-state index contributed by atoms with van der Waals surface area (Å²) in [7, 11) is 0. The molecule has 1 aliphatic rings. The zero-order valence-corrected chi connectivity index (χ0v) is 16.2. The molecule has 0 saturated carbocycles. The van der Waals surface area contributed by atoms with E-state index in [4.69, 9.17) is 0 Å². The molecule has 0 bridgehead atoms. The number of nitrogens with one attached hydrogen (secondary N) is 1. The molecule has 140 valence electrons. The Bertz CT molecular complexity index is 1010. The van der Waals surface area contributed by atoms with Crippen molar-refractivity contribution in [3.63, 3.8) is 0 Å². The van der Waals surface area contributed by atoms with Crippen LogP contribution >= 0.6 is 11.3 Å². The molecule has 3 heterocycles. The van der Waals surface area contributed by atoms with Crippen LogP contribution in [0.25, 0.3) is 11.4 Å². The SMILES string of the molecule is Cc1cc(C(=O)Nc2ccc(F)c(-c3nnc4n3CCCCC4)c2)c(C)s1. The Hall–Kier alpha value is -2.54. The number of rotatable bonds is 3. The van der Waals surface area contributed by atoms with E-state index in [0.29, 0.717) is 22.6 Å². The lowest BCUT2D eigenvalue weighted by Crippen LogP contribution is -2.12. The third kappa shape index (κ3) is 3.51. The molecule has 0 spiro atoms. The summed E-state index contributed by atoms with van der Waals surface area (Å²) in [6.45, 7) is 4.69. The fourth-order valence-electron chi connectivity index (χ4n) is 3.51. The summed E-state index contributed by atoms with van der Waals surface area (Å²) in [5.41, 5.74) is 1.57. The van der Waals surface area contributed by atoms with Gasteiger partial charge in [-0.1, -0.05) is 6.42 Å². The van der Waals surface area contributed by atoms with Crippen molar-refractivity contribution in [2.45, 2.75) is 46.1 Å². The number of anilines is 1. The average Bonchev–Trinajstić information content (AvgIpc) is 3.10. The first-order chi connectivity index (χ1) is 13.0. The van der Waals surface area contributed by atoms with Crippen LogP contribution in [0.4, 0.5) is 10.1 Å². The number of nitrogens with zero attached hydrogens (tertiary/aromatic N) is 3. The highest BCUT2D eigenvalue weighted by Crippen LogP contribution is 2.28. The molecule has 1 N–H and O–H groups in total. The highest BCUT2D eigenvalue weighted by atomic mass is 32.1. The second kappa shape index (κ2) is 7.23. The number of hydrogen-bond acceptors (Lipinski definition) is 4. The van der Waals surface area contributed by atoms with Gasteiger partial charge in [0.2, 0.25) is 0 Å². The van der Waals surface area contributed by atoms with Crippen LogP contribution in [-0.4, -0.2) is 20.7 Å². The maximum Gasteiger partial charge on any atom is 0.256 e. The van der Waals surface area contributed by atoms with E-state index < -0.39 is 0 Å². The van der Waals surface area contributed by atoms with Crippen molar-refractivity contribution in [1.29, 1.82) is 0 Å². The van der Waals surface area contributed by atoms with Crippen molar-refractivity contribution < 1.29 is 9.18 Å². The van der Waals surface area contributed by atoms with Crippen molar-refractivity contribution in [1.82, 2.24) is 14.8 Å². The summed E-state index contributed by atoms with van der Waals surface area (Å²) < 4.78 is 16.5. The van der Waals surface area contributed by atoms with Crippen LogP contribution in [0, 0.1) is 19.7 Å². The molecular formula is C20H21FN4OS. The number of hydrogen-bond donors (Lipinski definition) is 1. The molecular weight excluding hydrogens is 363 g/mol. The summed E-state index contributed by atoms with van der Waals surface area (Å²) >= 11 is 1.59. The fourth-order valence-corrected chi connectivity index (χ4v) is 4.43. The molecule has 1 amide bonds. The second-order valence-electron chi connectivity index (χ2n) is 6.88. The van der Waals surface area contributed by atoms with Gasteiger partial charge in [0.25, 0.3) is 5.91 Å². The molecule has 0 fully saturated rings. The van der Waals surface area contributed by atoms with E-state index in [1.807, 2.05) is 24.5 Å². The molecule has 5 nitrogen and oxygen atoms in total. The van der Waals surface area contributed by atoms with E-state index in [1.165, 1.54) is 6.07 Å². The maximum absolute atomic E-state index is 14.5. The van der Waals surface area contributed by atoms with E-state index in [-0.39, 0.29) is 11.7 Å². The topological polar surface area (TPSA) is 59.8 Å². The Morgan fingerprint density at radius 1 is 1.19 bits per heavy atom. The van der Waals surface area contributed by atoms with E-state index in [2.05, 4.69) is 15.5 Å². The van der Waals surface area contributed by atoms with Crippen LogP contribution in [0.15, 0.2) is 24.3 Å². The number of carbonyl (C=O) groups is 1. The van der Waals surface area contributed by atoms with E-state index in [1.54, 1.807) is 23.5 Å². The standard InChI is InChI=1S/C20H21FN4OS/c1-12-10-15(13(2)27-12)20(26)22-14-7-8-17(21)16(11-14)19-24-23-18-6-4-3-5-9-25(18)19/h7-8,10-11H,3-6,9H2,1-2H3,(H,22,26). The van der Waals surface area contributed by atoms with Gasteiger partial charge in [0.05, 0.1) is 11.1 Å². The second-order valence-corrected chi connectivity index (χ2v) is 8.34. The molecule has 0 saturated heterocycles. The lowest BCUT2D eigenvalue weighted by Gasteiger charge is -2.10. The molecule has 3 aromatic rings. The molecule has 7 heteroatoms. The third-order valence-corrected chi connectivity index (χ3v) is 5.83. The monoisotopic (exact) mass is 384 g/mol. The first-order valence-electron chi connectivity index (χ1n) is 9.13. The van der Waals surface area contributed by atoms with Crippen LogP contribution < -0.4 is 5.32 Å². The highest BCUT2D eigenvalue weighted by Gasteiger charge is 2.20. The number of amides is 1. The molecule has 0 unspecified atom stereocenters. The van der Waals surface area contributed by atoms with Gasteiger partial charge in [-0.25, -0.2) is 4.39 Å². The van der Waals surface area contributed by atoms with Gasteiger partial charge in [0.15, 0.2) is 5.82 Å². The lowest BCUT2D eigenvalue weighted by atomic mass is 10.1. The van der Waals surface area contributed by atoms with Crippen molar-refractivity contribution in [3.05, 3.63) is 51.2 Å². The van der Waals surface area contributed by atoms with Gasteiger partial charge in [-0.05, 0) is 51.0 Å². The predicted molar refractivity (Wildman–Crippen MR) is 105 cm³/mol. The zero-order valence-electron chi connectivity index (χ0n) is 15.4. The van der Waals surface area contributed by atoms with Gasteiger partial charge >= 0.3 is 0 Å². The minimum absolute atomic E-state index is 0.186. The van der Waals surface area contributed by atoms with Gasteiger partial charge in [-0.2, -0.15) is 0 Å². The Morgan fingerprint density at radius 2 is 2.04 bits per heavy atom. The van der Waals surface area contributed by atoms with Gasteiger partial charge in [-0.15, -0.1) is 21.5 Å². The quantitative estimate of drug-likeness (QED) is 0.709. The summed E-state index contributed by atoms with van der Waals surface area (Å²) in [5, 5.41) is 11.4. The number of benzene rings is 1. The van der Waals surface area contributed by atoms with Gasteiger partial charge < -0.3 is 9.88 Å². The van der Waals surface area contributed by atoms with E-state index >= 15 is 0 Å². The zero-order chi connectivity index (χ0) is 19.0. The molecule has 1 aliphatic heterocycles. The average molecular weight is 384 g/mol. The summed E-state index contributed by atoms with van der Waals surface area (Å²) in [6.07, 6.45) is 4.12. The largest absolute Gasteiger partial charge is 0.322 e. The minimum atomic E-state index is -0.366. The van der Waals surface area contributed by atoms with Crippen LogP contribution in [0.3, 0.4) is 0 Å². The van der Waals surface area contributed by atoms with Crippen molar-refractivity contribution in [2.24, 2.45) is 0 Å². The molecule has 2 aromatic heterocycles. The number of aromatic nitrogens is 3. The molecule has 4 rings (SSSR count). The summed E-state index contributed by atoms with van der Waals surface area (Å²) in [6, 6.07) is 6.46. The smallest absolute Gasteiger partial charge is 0.256 e. The lowest BCUT2D eigenvalue weighted by molar-refractivity contribution is 0.102. The first-order valence-corrected chi connectivity index (χ1v) is 9.95. The predicted octanol–water partition coefficient (Wildman–Crippen LogP) is 4.74. The highest BCUT2D eigenvalue weighted by molar-refractivity contribution is 7.12. The summed E-state index contributed by atoms with van der Waals surface area (Å²) in [4.78, 5) is 14.6.